The van der Waals surface area contributed by atoms with Gasteiger partial charge in [-0.1, -0.05) is 0 Å². The maximum absolute atomic E-state index is 10.9. The van der Waals surface area contributed by atoms with Crippen molar-refractivity contribution in [3.8, 4) is 0 Å². The van der Waals surface area contributed by atoms with Gasteiger partial charge in [0.1, 0.15) is 5.56 Å². The summed E-state index contributed by atoms with van der Waals surface area (Å²) in [6.45, 7) is 2.79. The molecule has 1 aromatic carbocycles. The summed E-state index contributed by atoms with van der Waals surface area (Å²) >= 11 is 0. The van der Waals surface area contributed by atoms with Crippen LogP contribution in [0.25, 0.3) is 0 Å². The summed E-state index contributed by atoms with van der Waals surface area (Å²) in [5.41, 5.74) is -0.0940. The third kappa shape index (κ3) is 3.24. The molecule has 1 aliphatic heterocycles. The van der Waals surface area contributed by atoms with Gasteiger partial charge >= 0.3 is 5.97 Å². The molecule has 0 aliphatic carbocycles. The van der Waals surface area contributed by atoms with Gasteiger partial charge in [-0.3, -0.25) is 10.1 Å². The molecular formula is C13H17N3O4. The van der Waals surface area contributed by atoms with E-state index in [1.807, 2.05) is 0 Å². The van der Waals surface area contributed by atoms with Crippen LogP contribution in [-0.4, -0.2) is 47.6 Å². The highest BCUT2D eigenvalue weighted by Gasteiger charge is 2.21. The first-order chi connectivity index (χ1) is 9.47. The quantitative estimate of drug-likeness (QED) is 0.628. The second-order valence-corrected chi connectivity index (χ2v) is 5.09. The number of hydrogen-bond acceptors (Lipinski definition) is 5. The molecule has 0 radical (unpaired) electrons. The van der Waals surface area contributed by atoms with Crippen molar-refractivity contribution in [3.63, 3.8) is 0 Å². The third-order valence-electron chi connectivity index (χ3n) is 3.51. The van der Waals surface area contributed by atoms with Crippen molar-refractivity contribution < 1.29 is 14.8 Å². The highest BCUT2D eigenvalue weighted by molar-refractivity contribution is 5.93. The van der Waals surface area contributed by atoms with Crippen LogP contribution in [0.4, 0.5) is 11.4 Å². The molecule has 1 heterocycles. The zero-order valence-electron chi connectivity index (χ0n) is 11.2. The Hall–Kier alpha value is -2.15. The Morgan fingerprint density at radius 1 is 1.60 bits per heavy atom. The molecule has 0 spiro atoms. The van der Waals surface area contributed by atoms with Crippen molar-refractivity contribution in [2.24, 2.45) is 5.92 Å². The number of rotatable bonds is 5. The maximum atomic E-state index is 10.9. The van der Waals surface area contributed by atoms with Gasteiger partial charge in [0.05, 0.1) is 4.92 Å². The fraction of sp³-hybridized carbons (Fsp3) is 0.462. The summed E-state index contributed by atoms with van der Waals surface area (Å²) in [5.74, 6) is -0.779. The number of hydrogen-bond donors (Lipinski definition) is 2. The van der Waals surface area contributed by atoms with E-state index in [4.69, 9.17) is 5.11 Å². The molecule has 0 aromatic heterocycles. The van der Waals surface area contributed by atoms with E-state index in [2.05, 4.69) is 17.3 Å². The van der Waals surface area contributed by atoms with Gasteiger partial charge in [-0.05, 0) is 38.1 Å². The Morgan fingerprint density at radius 3 is 2.90 bits per heavy atom. The number of aromatic carboxylic acids is 1. The van der Waals surface area contributed by atoms with E-state index >= 15 is 0 Å². The third-order valence-corrected chi connectivity index (χ3v) is 3.51. The number of nitrogens with one attached hydrogen (secondary N) is 1. The second-order valence-electron chi connectivity index (χ2n) is 5.09. The number of carboxylic acids is 1. The van der Waals surface area contributed by atoms with Gasteiger partial charge < -0.3 is 15.3 Å². The van der Waals surface area contributed by atoms with E-state index < -0.39 is 10.9 Å². The molecule has 108 valence electrons. The van der Waals surface area contributed by atoms with Gasteiger partial charge in [-0.2, -0.15) is 0 Å². The number of carboxylic acid groups (broad SMARTS) is 1. The molecule has 1 atom stereocenters. The van der Waals surface area contributed by atoms with Crippen LogP contribution in [0.5, 0.6) is 0 Å². The van der Waals surface area contributed by atoms with Crippen molar-refractivity contribution in [2.45, 2.75) is 6.42 Å². The number of nitrogens with zero attached hydrogens (tertiary/aromatic N) is 2. The first-order valence-electron chi connectivity index (χ1n) is 6.41. The molecule has 1 saturated heterocycles. The molecule has 1 unspecified atom stereocenters. The van der Waals surface area contributed by atoms with E-state index in [0.717, 1.165) is 26.1 Å². The fourth-order valence-corrected chi connectivity index (χ4v) is 2.43. The van der Waals surface area contributed by atoms with Crippen LogP contribution in [0.2, 0.25) is 0 Å². The fourth-order valence-electron chi connectivity index (χ4n) is 2.43. The lowest BCUT2D eigenvalue weighted by atomic mass is 10.1. The number of nitro groups is 1. The van der Waals surface area contributed by atoms with E-state index in [1.54, 1.807) is 6.07 Å². The van der Waals surface area contributed by atoms with Gasteiger partial charge in [0.2, 0.25) is 0 Å². The Labute approximate surface area is 116 Å². The average Bonchev–Trinajstić information content (AvgIpc) is 2.81. The lowest BCUT2D eigenvalue weighted by Crippen LogP contribution is -2.19. The minimum atomic E-state index is -1.29. The van der Waals surface area contributed by atoms with Crippen LogP contribution in [0.3, 0.4) is 0 Å². The van der Waals surface area contributed by atoms with Crippen LogP contribution in [0.1, 0.15) is 16.8 Å². The number of nitro benzene ring substituents is 1. The van der Waals surface area contributed by atoms with Crippen LogP contribution in [-0.2, 0) is 0 Å². The minimum Gasteiger partial charge on any atom is -0.477 e. The smallest absolute Gasteiger partial charge is 0.342 e. The molecule has 0 amide bonds. The second kappa shape index (κ2) is 5.87. The van der Waals surface area contributed by atoms with Crippen LogP contribution in [0.15, 0.2) is 18.2 Å². The number of anilines is 1. The predicted octanol–water partition coefficient (Wildman–Crippen LogP) is 1.66. The van der Waals surface area contributed by atoms with Crippen molar-refractivity contribution in [2.75, 3.05) is 32.0 Å². The molecular weight excluding hydrogens is 262 g/mol. The van der Waals surface area contributed by atoms with Crippen molar-refractivity contribution >= 4 is 17.3 Å². The first kappa shape index (κ1) is 14.3. The molecule has 1 aliphatic rings. The van der Waals surface area contributed by atoms with E-state index in [9.17, 15) is 14.9 Å². The highest BCUT2D eigenvalue weighted by Crippen LogP contribution is 2.24. The zero-order chi connectivity index (χ0) is 14.7. The molecule has 0 bridgehead atoms. The largest absolute Gasteiger partial charge is 0.477 e. The lowest BCUT2D eigenvalue weighted by Gasteiger charge is -2.12. The zero-order valence-corrected chi connectivity index (χ0v) is 11.2. The van der Waals surface area contributed by atoms with Crippen LogP contribution in [0, 0.1) is 16.0 Å². The Balaban J connectivity index is 2.07. The van der Waals surface area contributed by atoms with Gasteiger partial charge in [0.15, 0.2) is 0 Å². The van der Waals surface area contributed by atoms with Crippen molar-refractivity contribution in [1.29, 1.82) is 0 Å². The summed E-state index contributed by atoms with van der Waals surface area (Å²) in [4.78, 5) is 23.4. The van der Waals surface area contributed by atoms with E-state index in [1.165, 1.54) is 12.1 Å². The standard InChI is InChI=1S/C13H17N3O4/c1-15-5-4-9(8-15)7-14-10-2-3-11(13(17)18)12(6-10)16(19)20/h2-3,6,9,14H,4-5,7-8H2,1H3,(H,17,18). The maximum Gasteiger partial charge on any atom is 0.342 e. The van der Waals surface area contributed by atoms with Crippen molar-refractivity contribution in [1.82, 2.24) is 4.90 Å². The Kier molecular flexibility index (Phi) is 4.19. The monoisotopic (exact) mass is 279 g/mol. The molecule has 2 N–H and O–H groups in total. The SMILES string of the molecule is CN1CCC(CNc2ccc(C(=O)O)c([N+](=O)[O-])c2)C1. The van der Waals surface area contributed by atoms with Gasteiger partial charge in [-0.15, -0.1) is 0 Å². The molecule has 1 aromatic rings. The van der Waals surface area contributed by atoms with Crippen LogP contribution < -0.4 is 5.32 Å². The number of likely N-dealkylation sites (tertiary alicyclic amines) is 1. The van der Waals surface area contributed by atoms with Gasteiger partial charge in [0.25, 0.3) is 5.69 Å². The topological polar surface area (TPSA) is 95.7 Å². The van der Waals surface area contributed by atoms with Crippen molar-refractivity contribution in [3.05, 3.63) is 33.9 Å². The lowest BCUT2D eigenvalue weighted by molar-refractivity contribution is -0.385. The summed E-state index contributed by atoms with van der Waals surface area (Å²) < 4.78 is 0. The van der Waals surface area contributed by atoms with E-state index in [0.29, 0.717) is 11.6 Å². The first-order valence-corrected chi connectivity index (χ1v) is 6.41. The Morgan fingerprint density at radius 2 is 2.35 bits per heavy atom. The molecule has 2 rings (SSSR count). The molecule has 20 heavy (non-hydrogen) atoms. The normalized spacial score (nSPS) is 18.9. The summed E-state index contributed by atoms with van der Waals surface area (Å²) in [5, 5.41) is 22.9. The summed E-state index contributed by atoms with van der Waals surface area (Å²) in [7, 11) is 2.06. The number of carbonyl (C=O) groups is 1. The molecule has 1 fully saturated rings. The average molecular weight is 279 g/mol. The highest BCUT2D eigenvalue weighted by atomic mass is 16.6. The number of benzene rings is 1. The van der Waals surface area contributed by atoms with E-state index in [-0.39, 0.29) is 11.3 Å². The van der Waals surface area contributed by atoms with Crippen LogP contribution >= 0.6 is 0 Å². The molecule has 7 nitrogen and oxygen atoms in total. The molecule has 7 heteroatoms. The minimum absolute atomic E-state index is 0.291. The predicted molar refractivity (Wildman–Crippen MR) is 74.1 cm³/mol. The van der Waals surface area contributed by atoms with Gasteiger partial charge in [0, 0.05) is 24.8 Å². The summed E-state index contributed by atoms with van der Waals surface area (Å²) in [6, 6.07) is 4.11. The Bertz CT molecular complexity index is 532. The molecule has 0 saturated carbocycles. The summed E-state index contributed by atoms with van der Waals surface area (Å²) in [6.07, 6.45) is 1.10. The van der Waals surface area contributed by atoms with Gasteiger partial charge in [-0.25, -0.2) is 4.79 Å².